The summed E-state index contributed by atoms with van der Waals surface area (Å²) in [7, 11) is 0. The smallest absolute Gasteiger partial charge is 0.267 e. The summed E-state index contributed by atoms with van der Waals surface area (Å²) in [6.07, 6.45) is 0. The largest absolute Gasteiger partial charge is 0.268 e. The molecule has 54 valence electrons. The van der Waals surface area contributed by atoms with E-state index in [1.165, 1.54) is 10.7 Å². The van der Waals surface area contributed by atoms with E-state index >= 15 is 0 Å². The summed E-state index contributed by atoms with van der Waals surface area (Å²) in [5.41, 5.74) is -0.141. The van der Waals surface area contributed by atoms with E-state index in [1.54, 1.807) is 6.07 Å². The number of hydrogen-bond acceptors (Lipinski definition) is 3. The van der Waals surface area contributed by atoms with Crippen LogP contribution in [0, 0.1) is 0 Å². The molecule has 0 saturated heterocycles. The van der Waals surface area contributed by atoms with Gasteiger partial charge in [-0.2, -0.15) is 17.7 Å². The predicted molar refractivity (Wildman–Crippen MR) is 45.2 cm³/mol. The van der Waals surface area contributed by atoms with Crippen LogP contribution in [0.4, 0.5) is 0 Å². The molecule has 0 amide bonds. The summed E-state index contributed by atoms with van der Waals surface area (Å²) in [5.74, 6) is 0.304. The van der Waals surface area contributed by atoms with Crippen molar-refractivity contribution in [3.63, 3.8) is 0 Å². The van der Waals surface area contributed by atoms with E-state index in [1.807, 2.05) is 0 Å². The Morgan fingerprint density at radius 2 is 2.40 bits per heavy atom. The number of thiol groups is 1. The van der Waals surface area contributed by atoms with Crippen molar-refractivity contribution in [2.75, 3.05) is 0 Å². The molecule has 3 nitrogen and oxygen atoms in total. The van der Waals surface area contributed by atoms with Gasteiger partial charge in [0.25, 0.3) is 5.56 Å². The molecule has 0 aromatic carbocycles. The van der Waals surface area contributed by atoms with Crippen molar-refractivity contribution in [3.05, 3.63) is 27.1 Å². The summed E-state index contributed by atoms with van der Waals surface area (Å²) >= 11 is 7.04. The fraction of sp³-hybridized carbons (Fsp3) is 0.200. The van der Waals surface area contributed by atoms with E-state index < -0.39 is 0 Å². The second-order valence-corrected chi connectivity index (χ2v) is 2.73. The third-order valence-corrected chi connectivity index (χ3v) is 1.66. The summed E-state index contributed by atoms with van der Waals surface area (Å²) in [5, 5.41) is 3.84. The average molecular weight is 221 g/mol. The molecule has 0 radical (unpaired) electrons. The minimum absolute atomic E-state index is 0.141. The van der Waals surface area contributed by atoms with Gasteiger partial charge in [0.1, 0.15) is 4.60 Å². The maximum atomic E-state index is 10.8. The van der Waals surface area contributed by atoms with E-state index in [0.717, 1.165) is 0 Å². The van der Waals surface area contributed by atoms with E-state index in [-0.39, 0.29) is 5.56 Å². The Kier molecular flexibility index (Phi) is 2.50. The second kappa shape index (κ2) is 3.21. The van der Waals surface area contributed by atoms with Crippen molar-refractivity contribution in [2.45, 2.75) is 5.88 Å². The highest BCUT2D eigenvalue weighted by molar-refractivity contribution is 9.10. The Hall–Kier alpha value is -0.290. The first-order chi connectivity index (χ1) is 4.74. The lowest BCUT2D eigenvalue weighted by Crippen LogP contribution is -2.19. The molecule has 0 atom stereocenters. The van der Waals surface area contributed by atoms with Crippen LogP contribution in [0.5, 0.6) is 0 Å². The SMILES string of the molecule is O=c1ccc(Br)nn1CS. The quantitative estimate of drug-likeness (QED) is 0.715. The van der Waals surface area contributed by atoms with Crippen LogP contribution in [0.25, 0.3) is 0 Å². The van der Waals surface area contributed by atoms with E-state index in [9.17, 15) is 4.79 Å². The van der Waals surface area contributed by atoms with Gasteiger partial charge in [-0.1, -0.05) is 0 Å². The second-order valence-electron chi connectivity index (χ2n) is 1.64. The van der Waals surface area contributed by atoms with Crippen molar-refractivity contribution in [1.82, 2.24) is 9.78 Å². The fourth-order valence-electron chi connectivity index (χ4n) is 0.525. The lowest BCUT2D eigenvalue weighted by atomic mass is 10.6. The highest BCUT2D eigenvalue weighted by Gasteiger charge is 1.93. The van der Waals surface area contributed by atoms with Crippen LogP contribution < -0.4 is 5.56 Å². The summed E-state index contributed by atoms with van der Waals surface area (Å²) < 4.78 is 1.90. The molecular formula is C5H5BrN2OS. The van der Waals surface area contributed by atoms with Gasteiger partial charge < -0.3 is 0 Å². The van der Waals surface area contributed by atoms with Crippen molar-refractivity contribution >= 4 is 28.6 Å². The van der Waals surface area contributed by atoms with Crippen LogP contribution >= 0.6 is 28.6 Å². The first-order valence-corrected chi connectivity index (χ1v) is 4.01. The number of nitrogens with zero attached hydrogens (tertiary/aromatic N) is 2. The topological polar surface area (TPSA) is 34.9 Å². The van der Waals surface area contributed by atoms with Gasteiger partial charge in [-0.15, -0.1) is 0 Å². The summed E-state index contributed by atoms with van der Waals surface area (Å²) in [4.78, 5) is 10.8. The third-order valence-electron chi connectivity index (χ3n) is 0.968. The van der Waals surface area contributed by atoms with Crippen LogP contribution in [0.2, 0.25) is 0 Å². The van der Waals surface area contributed by atoms with Gasteiger partial charge in [-0.25, -0.2) is 4.68 Å². The number of hydrogen-bond donors (Lipinski definition) is 1. The Bertz CT molecular complexity index is 285. The standard InChI is InChI=1S/C5H5BrN2OS/c6-4-1-2-5(9)8(3-10)7-4/h1-2,10H,3H2. The molecular weight excluding hydrogens is 216 g/mol. The van der Waals surface area contributed by atoms with Crippen molar-refractivity contribution in [1.29, 1.82) is 0 Å². The molecule has 1 aromatic rings. The first kappa shape index (κ1) is 7.81. The van der Waals surface area contributed by atoms with Crippen molar-refractivity contribution < 1.29 is 0 Å². The molecule has 1 aromatic heterocycles. The Balaban J connectivity index is 3.22. The molecule has 0 fully saturated rings. The van der Waals surface area contributed by atoms with Gasteiger partial charge >= 0.3 is 0 Å². The Labute approximate surface area is 71.6 Å². The van der Waals surface area contributed by atoms with Crippen LogP contribution in [0.15, 0.2) is 21.5 Å². The lowest BCUT2D eigenvalue weighted by Gasteiger charge is -1.96. The Morgan fingerprint density at radius 3 is 2.90 bits per heavy atom. The van der Waals surface area contributed by atoms with Gasteiger partial charge in [-0.3, -0.25) is 4.79 Å². The summed E-state index contributed by atoms with van der Waals surface area (Å²) in [6, 6.07) is 3.04. The zero-order valence-corrected chi connectivity index (χ0v) is 7.47. The monoisotopic (exact) mass is 220 g/mol. The van der Waals surface area contributed by atoms with E-state index in [0.29, 0.717) is 10.5 Å². The predicted octanol–water partition coefficient (Wildman–Crippen LogP) is 0.893. The van der Waals surface area contributed by atoms with Gasteiger partial charge in [0, 0.05) is 6.07 Å². The van der Waals surface area contributed by atoms with Gasteiger partial charge in [0.15, 0.2) is 0 Å². The van der Waals surface area contributed by atoms with Crippen LogP contribution in [-0.2, 0) is 5.88 Å². The number of aromatic nitrogens is 2. The molecule has 0 unspecified atom stereocenters. The zero-order valence-electron chi connectivity index (χ0n) is 4.99. The number of halogens is 1. The normalized spacial score (nSPS) is 9.80. The molecule has 0 aliphatic heterocycles. The third kappa shape index (κ3) is 1.60. The van der Waals surface area contributed by atoms with Gasteiger partial charge in [-0.05, 0) is 22.0 Å². The molecule has 0 aliphatic rings. The first-order valence-electron chi connectivity index (χ1n) is 2.58. The highest BCUT2D eigenvalue weighted by Crippen LogP contribution is 1.99. The molecule has 0 N–H and O–H groups in total. The summed E-state index contributed by atoms with van der Waals surface area (Å²) in [6.45, 7) is 0. The fourth-order valence-corrected chi connectivity index (χ4v) is 1.05. The lowest BCUT2D eigenvalue weighted by molar-refractivity contribution is 0.686. The minimum atomic E-state index is -0.141. The van der Waals surface area contributed by atoms with E-state index in [4.69, 9.17) is 0 Å². The highest BCUT2D eigenvalue weighted by atomic mass is 79.9. The van der Waals surface area contributed by atoms with Crippen molar-refractivity contribution in [2.24, 2.45) is 0 Å². The van der Waals surface area contributed by atoms with Crippen molar-refractivity contribution in [3.8, 4) is 0 Å². The van der Waals surface area contributed by atoms with E-state index in [2.05, 4.69) is 33.7 Å². The molecule has 0 spiro atoms. The molecule has 10 heavy (non-hydrogen) atoms. The molecule has 1 rings (SSSR count). The maximum Gasteiger partial charge on any atom is 0.267 e. The van der Waals surface area contributed by atoms with Crippen LogP contribution in [0.1, 0.15) is 0 Å². The molecule has 0 aliphatic carbocycles. The van der Waals surface area contributed by atoms with Crippen LogP contribution in [0.3, 0.4) is 0 Å². The zero-order chi connectivity index (χ0) is 7.56. The minimum Gasteiger partial charge on any atom is -0.268 e. The molecule has 0 bridgehead atoms. The molecule has 5 heteroatoms. The van der Waals surface area contributed by atoms with Crippen LogP contribution in [-0.4, -0.2) is 9.78 Å². The maximum absolute atomic E-state index is 10.8. The molecule has 1 heterocycles. The molecule has 0 saturated carbocycles. The average Bonchev–Trinajstić information content (AvgIpc) is 1.94. The van der Waals surface area contributed by atoms with Gasteiger partial charge in [0.05, 0.1) is 5.88 Å². The number of rotatable bonds is 1. The Morgan fingerprint density at radius 1 is 1.70 bits per heavy atom. The van der Waals surface area contributed by atoms with Gasteiger partial charge in [0.2, 0.25) is 0 Å².